The largest absolute Gasteiger partial charge is 0.497 e. The number of carbonyl (C=O) groups is 2. The Morgan fingerprint density at radius 2 is 1.74 bits per heavy atom. The lowest BCUT2D eigenvalue weighted by Crippen LogP contribution is -2.52. The summed E-state index contributed by atoms with van der Waals surface area (Å²) in [6, 6.07) is 17.0. The maximum Gasteiger partial charge on any atom is 0.317 e. The zero-order valence-corrected chi connectivity index (χ0v) is 15.4. The summed E-state index contributed by atoms with van der Waals surface area (Å²) in [7, 11) is 1.57. The van der Waals surface area contributed by atoms with Crippen LogP contribution in [0.25, 0.3) is 0 Å². The lowest BCUT2D eigenvalue weighted by molar-refractivity contribution is -0.115. The Morgan fingerprint density at radius 1 is 1.00 bits per heavy atom. The summed E-state index contributed by atoms with van der Waals surface area (Å²) in [4.78, 5) is 28.3. The van der Waals surface area contributed by atoms with Crippen LogP contribution in [-0.2, 0) is 4.79 Å². The number of piperazine rings is 1. The number of anilines is 2. The van der Waals surface area contributed by atoms with Crippen LogP contribution in [-0.4, -0.2) is 56.7 Å². The predicted molar refractivity (Wildman–Crippen MR) is 105 cm³/mol. The van der Waals surface area contributed by atoms with E-state index in [0.29, 0.717) is 24.5 Å². The quantitative estimate of drug-likeness (QED) is 0.848. The maximum atomic E-state index is 12.3. The molecule has 0 unspecified atom stereocenters. The summed E-state index contributed by atoms with van der Waals surface area (Å²) in [5.74, 6) is 0.382. The zero-order valence-electron chi connectivity index (χ0n) is 15.4. The fraction of sp³-hybridized carbons (Fsp3) is 0.300. The molecule has 0 aromatic heterocycles. The molecular formula is C20H24N4O3. The van der Waals surface area contributed by atoms with Gasteiger partial charge in [0.1, 0.15) is 5.75 Å². The van der Waals surface area contributed by atoms with Crippen LogP contribution in [0.1, 0.15) is 0 Å². The number of carbonyl (C=O) groups excluding carboxylic acids is 2. The molecule has 3 rings (SSSR count). The van der Waals surface area contributed by atoms with Crippen molar-refractivity contribution in [1.82, 2.24) is 10.2 Å². The molecule has 0 saturated carbocycles. The van der Waals surface area contributed by atoms with Gasteiger partial charge in [-0.25, -0.2) is 4.79 Å². The highest BCUT2D eigenvalue weighted by molar-refractivity contribution is 5.94. The van der Waals surface area contributed by atoms with E-state index < -0.39 is 0 Å². The Bertz CT molecular complexity index is 774. The first-order valence-electron chi connectivity index (χ1n) is 8.92. The highest BCUT2D eigenvalue weighted by Gasteiger charge is 2.21. The minimum Gasteiger partial charge on any atom is -0.497 e. The van der Waals surface area contributed by atoms with Gasteiger partial charge >= 0.3 is 6.03 Å². The first-order valence-corrected chi connectivity index (χ1v) is 8.92. The summed E-state index contributed by atoms with van der Waals surface area (Å²) in [5.41, 5.74) is 1.79. The third-order valence-electron chi connectivity index (χ3n) is 4.44. The summed E-state index contributed by atoms with van der Waals surface area (Å²) in [5, 5.41) is 5.42. The number of methoxy groups -OCH3 is 1. The number of ether oxygens (including phenoxy) is 1. The van der Waals surface area contributed by atoms with E-state index in [4.69, 9.17) is 4.74 Å². The standard InChI is InChI=1S/C20H24N4O3/c1-27-18-9-5-6-16(14-18)22-19(25)15-21-20(26)24-12-10-23(11-13-24)17-7-3-2-4-8-17/h2-9,14H,10-13,15H2,1H3,(H,21,26)(H,22,25). The van der Waals surface area contributed by atoms with E-state index in [9.17, 15) is 9.59 Å². The Balaban J connectivity index is 1.42. The minimum absolute atomic E-state index is 0.0745. The summed E-state index contributed by atoms with van der Waals surface area (Å²) >= 11 is 0. The van der Waals surface area contributed by atoms with E-state index in [0.717, 1.165) is 18.8 Å². The second kappa shape index (κ2) is 8.93. The monoisotopic (exact) mass is 368 g/mol. The minimum atomic E-state index is -0.278. The van der Waals surface area contributed by atoms with Crippen LogP contribution in [0.4, 0.5) is 16.2 Å². The van der Waals surface area contributed by atoms with Gasteiger partial charge in [-0.05, 0) is 24.3 Å². The zero-order chi connectivity index (χ0) is 19.1. The molecular weight excluding hydrogens is 344 g/mol. The maximum absolute atomic E-state index is 12.3. The van der Waals surface area contributed by atoms with Gasteiger partial charge in [0.05, 0.1) is 13.7 Å². The van der Waals surface area contributed by atoms with Gasteiger partial charge in [0.2, 0.25) is 5.91 Å². The van der Waals surface area contributed by atoms with E-state index in [1.165, 1.54) is 0 Å². The molecule has 3 amide bonds. The number of hydrogen-bond acceptors (Lipinski definition) is 4. The molecule has 2 N–H and O–H groups in total. The van der Waals surface area contributed by atoms with E-state index in [1.54, 1.807) is 36.3 Å². The number of amides is 3. The lowest BCUT2D eigenvalue weighted by Gasteiger charge is -2.36. The SMILES string of the molecule is COc1cccc(NC(=O)CNC(=O)N2CCN(c3ccccc3)CC2)c1. The molecule has 7 nitrogen and oxygen atoms in total. The Labute approximate surface area is 158 Å². The van der Waals surface area contributed by atoms with Crippen LogP contribution in [0.3, 0.4) is 0 Å². The predicted octanol–water partition coefficient (Wildman–Crippen LogP) is 2.17. The Morgan fingerprint density at radius 3 is 2.44 bits per heavy atom. The van der Waals surface area contributed by atoms with Crippen LogP contribution >= 0.6 is 0 Å². The van der Waals surface area contributed by atoms with Gasteiger partial charge in [-0.3, -0.25) is 4.79 Å². The van der Waals surface area contributed by atoms with Crippen molar-refractivity contribution in [1.29, 1.82) is 0 Å². The molecule has 0 bridgehead atoms. The summed E-state index contributed by atoms with van der Waals surface area (Å²) in [6.45, 7) is 2.71. The summed E-state index contributed by atoms with van der Waals surface area (Å²) in [6.07, 6.45) is 0. The molecule has 0 spiro atoms. The van der Waals surface area contributed by atoms with E-state index in [-0.39, 0.29) is 18.5 Å². The summed E-state index contributed by atoms with van der Waals surface area (Å²) < 4.78 is 5.12. The van der Waals surface area contributed by atoms with Crippen LogP contribution in [0.2, 0.25) is 0 Å². The van der Waals surface area contributed by atoms with Crippen LogP contribution in [0.5, 0.6) is 5.75 Å². The fourth-order valence-electron chi connectivity index (χ4n) is 2.98. The number of hydrogen-bond donors (Lipinski definition) is 2. The van der Waals surface area contributed by atoms with Gasteiger partial charge in [-0.2, -0.15) is 0 Å². The van der Waals surface area contributed by atoms with Crippen molar-refractivity contribution < 1.29 is 14.3 Å². The molecule has 7 heteroatoms. The van der Waals surface area contributed by atoms with Crippen LogP contribution in [0, 0.1) is 0 Å². The molecule has 1 fully saturated rings. The van der Waals surface area contributed by atoms with E-state index in [2.05, 4.69) is 27.7 Å². The van der Waals surface area contributed by atoms with Crippen molar-refractivity contribution in [2.75, 3.05) is 50.1 Å². The number of para-hydroxylation sites is 1. The second-order valence-electron chi connectivity index (χ2n) is 6.25. The van der Waals surface area contributed by atoms with Gasteiger partial charge in [0.25, 0.3) is 0 Å². The molecule has 1 aliphatic rings. The second-order valence-corrected chi connectivity index (χ2v) is 6.25. The molecule has 0 atom stereocenters. The van der Waals surface area contributed by atoms with Gasteiger partial charge in [0.15, 0.2) is 0 Å². The fourth-order valence-corrected chi connectivity index (χ4v) is 2.98. The molecule has 1 aliphatic heterocycles. The van der Waals surface area contributed by atoms with E-state index in [1.807, 2.05) is 18.2 Å². The van der Waals surface area contributed by atoms with Crippen LogP contribution < -0.4 is 20.3 Å². The molecule has 27 heavy (non-hydrogen) atoms. The van der Waals surface area contributed by atoms with Gasteiger partial charge < -0.3 is 25.2 Å². The van der Waals surface area contributed by atoms with Crippen molar-refractivity contribution >= 4 is 23.3 Å². The third kappa shape index (κ3) is 5.13. The molecule has 142 valence electrons. The van der Waals surface area contributed by atoms with Gasteiger partial charge in [-0.1, -0.05) is 24.3 Å². The molecule has 2 aromatic rings. The number of urea groups is 1. The topological polar surface area (TPSA) is 73.9 Å². The number of nitrogens with one attached hydrogen (secondary N) is 2. The number of rotatable bonds is 5. The van der Waals surface area contributed by atoms with Crippen molar-refractivity contribution in [2.45, 2.75) is 0 Å². The lowest BCUT2D eigenvalue weighted by atomic mass is 10.2. The number of benzene rings is 2. The van der Waals surface area contributed by atoms with Gasteiger partial charge in [-0.15, -0.1) is 0 Å². The molecule has 1 saturated heterocycles. The Kier molecular flexibility index (Phi) is 6.14. The highest BCUT2D eigenvalue weighted by atomic mass is 16.5. The van der Waals surface area contributed by atoms with Crippen molar-refractivity contribution in [3.8, 4) is 5.75 Å². The average molecular weight is 368 g/mol. The number of nitrogens with zero attached hydrogens (tertiary/aromatic N) is 2. The van der Waals surface area contributed by atoms with Crippen LogP contribution in [0.15, 0.2) is 54.6 Å². The average Bonchev–Trinajstić information content (AvgIpc) is 2.73. The van der Waals surface area contributed by atoms with Crippen molar-refractivity contribution in [3.63, 3.8) is 0 Å². The van der Waals surface area contributed by atoms with Gasteiger partial charge in [0, 0.05) is 43.6 Å². The molecule has 0 radical (unpaired) electrons. The van der Waals surface area contributed by atoms with Crippen molar-refractivity contribution in [3.05, 3.63) is 54.6 Å². The van der Waals surface area contributed by atoms with Crippen molar-refractivity contribution in [2.24, 2.45) is 0 Å². The Hall–Kier alpha value is -3.22. The smallest absolute Gasteiger partial charge is 0.317 e. The first-order chi connectivity index (χ1) is 13.2. The third-order valence-corrected chi connectivity index (χ3v) is 4.44. The normalized spacial score (nSPS) is 13.8. The first kappa shape index (κ1) is 18.6. The molecule has 2 aromatic carbocycles. The highest BCUT2D eigenvalue weighted by Crippen LogP contribution is 2.17. The molecule has 0 aliphatic carbocycles. The molecule has 1 heterocycles. The van der Waals surface area contributed by atoms with E-state index >= 15 is 0 Å².